The summed E-state index contributed by atoms with van der Waals surface area (Å²) in [6, 6.07) is 5.14. The number of carbonyl (C=O) groups is 1. The number of amides is 1. The zero-order chi connectivity index (χ0) is 21.1. The predicted molar refractivity (Wildman–Crippen MR) is 123 cm³/mol. The van der Waals surface area contributed by atoms with Gasteiger partial charge in [-0.3, -0.25) is 4.79 Å². The minimum absolute atomic E-state index is 0.136. The van der Waals surface area contributed by atoms with E-state index in [0.717, 1.165) is 27.9 Å². The molecule has 1 aromatic carbocycles. The van der Waals surface area contributed by atoms with Crippen LogP contribution in [0.25, 0.3) is 10.3 Å². The maximum absolute atomic E-state index is 12.4. The molecule has 0 radical (unpaired) electrons. The fraction of sp³-hybridized carbons (Fsp3) is 0.400. The van der Waals surface area contributed by atoms with Gasteiger partial charge in [-0.1, -0.05) is 41.6 Å². The van der Waals surface area contributed by atoms with E-state index in [9.17, 15) is 4.79 Å². The Morgan fingerprint density at radius 1 is 1.43 bits per heavy atom. The average molecular weight is 464 g/mol. The first kappa shape index (κ1) is 21.1. The summed E-state index contributed by atoms with van der Waals surface area (Å²) in [6.45, 7) is 4.31. The highest BCUT2D eigenvalue weighted by atomic mass is 35.5. The molecular formula is C20H22ClN5O2S2. The monoisotopic (exact) mass is 463 g/mol. The number of methoxy groups -OCH3 is 1. The number of carbonyl (C=O) groups excluding carboxylic acids is 1. The molecule has 4 rings (SSSR count). The number of halogens is 1. The van der Waals surface area contributed by atoms with E-state index in [1.807, 2.05) is 0 Å². The number of benzene rings is 1. The molecule has 3 heterocycles. The number of ether oxygens (including phenoxy) is 1. The molecule has 1 aliphatic rings. The van der Waals surface area contributed by atoms with Crippen LogP contribution in [0.5, 0.6) is 5.75 Å². The Balaban J connectivity index is 1.43. The van der Waals surface area contributed by atoms with E-state index in [1.54, 1.807) is 36.6 Å². The SMILES string of the molecule is COc1ccc(NC(=O)CSc2ncnc3nc(N4CCCC(C)C4)sc23)cc1Cl. The summed E-state index contributed by atoms with van der Waals surface area (Å²) in [7, 11) is 1.55. The molecule has 158 valence electrons. The summed E-state index contributed by atoms with van der Waals surface area (Å²) < 4.78 is 6.06. The maximum atomic E-state index is 12.4. The third kappa shape index (κ3) is 4.79. The lowest BCUT2D eigenvalue weighted by Crippen LogP contribution is -2.34. The third-order valence-corrected chi connectivity index (χ3v) is 7.38. The van der Waals surface area contributed by atoms with E-state index >= 15 is 0 Å². The van der Waals surface area contributed by atoms with Gasteiger partial charge >= 0.3 is 0 Å². The largest absolute Gasteiger partial charge is 0.495 e. The molecule has 0 aliphatic carbocycles. The Labute approximate surface area is 188 Å². The van der Waals surface area contributed by atoms with Gasteiger partial charge in [-0.2, -0.15) is 4.98 Å². The van der Waals surface area contributed by atoms with Crippen LogP contribution < -0.4 is 15.0 Å². The van der Waals surface area contributed by atoms with Crippen molar-refractivity contribution in [2.24, 2.45) is 5.92 Å². The van der Waals surface area contributed by atoms with Gasteiger partial charge in [0, 0.05) is 18.8 Å². The number of hydrogen-bond acceptors (Lipinski definition) is 8. The van der Waals surface area contributed by atoms with Crippen molar-refractivity contribution in [3.05, 3.63) is 29.5 Å². The number of thiazole rings is 1. The molecule has 0 spiro atoms. The van der Waals surface area contributed by atoms with Crippen LogP contribution in [0.2, 0.25) is 5.02 Å². The fourth-order valence-electron chi connectivity index (χ4n) is 3.40. The Morgan fingerprint density at radius 2 is 2.30 bits per heavy atom. The van der Waals surface area contributed by atoms with Gasteiger partial charge < -0.3 is 15.0 Å². The van der Waals surface area contributed by atoms with Crippen molar-refractivity contribution in [2.75, 3.05) is 36.2 Å². The highest BCUT2D eigenvalue weighted by molar-refractivity contribution is 8.00. The molecule has 10 heteroatoms. The van der Waals surface area contributed by atoms with Gasteiger partial charge in [0.25, 0.3) is 0 Å². The molecule has 1 amide bonds. The van der Waals surface area contributed by atoms with E-state index in [1.165, 1.54) is 30.9 Å². The summed E-state index contributed by atoms with van der Waals surface area (Å²) in [5.41, 5.74) is 1.31. The van der Waals surface area contributed by atoms with E-state index in [0.29, 0.717) is 28.0 Å². The van der Waals surface area contributed by atoms with Crippen LogP contribution in [0, 0.1) is 5.92 Å². The number of nitrogens with one attached hydrogen (secondary N) is 1. The number of aromatic nitrogens is 3. The highest BCUT2D eigenvalue weighted by Gasteiger charge is 2.21. The lowest BCUT2D eigenvalue weighted by atomic mass is 10.0. The molecule has 2 aromatic heterocycles. The second-order valence-electron chi connectivity index (χ2n) is 7.21. The second kappa shape index (κ2) is 9.36. The van der Waals surface area contributed by atoms with Crippen LogP contribution in [0.1, 0.15) is 19.8 Å². The molecule has 1 fully saturated rings. The molecule has 3 aromatic rings. The molecule has 1 unspecified atom stereocenters. The molecule has 0 saturated carbocycles. The van der Waals surface area contributed by atoms with Crippen molar-refractivity contribution < 1.29 is 9.53 Å². The van der Waals surface area contributed by atoms with E-state index in [4.69, 9.17) is 21.3 Å². The van der Waals surface area contributed by atoms with E-state index in [-0.39, 0.29) is 11.7 Å². The zero-order valence-corrected chi connectivity index (χ0v) is 19.1. The minimum atomic E-state index is -0.136. The quantitative estimate of drug-likeness (QED) is 0.418. The number of hydrogen-bond donors (Lipinski definition) is 1. The van der Waals surface area contributed by atoms with Crippen LogP contribution in [0.3, 0.4) is 0 Å². The second-order valence-corrected chi connectivity index (χ2v) is 9.56. The summed E-state index contributed by atoms with van der Waals surface area (Å²) in [6.07, 6.45) is 3.95. The van der Waals surface area contributed by atoms with Gasteiger partial charge in [-0.05, 0) is 37.0 Å². The van der Waals surface area contributed by atoms with Crippen molar-refractivity contribution in [3.8, 4) is 5.75 Å². The van der Waals surface area contributed by atoms with Gasteiger partial charge in [-0.25, -0.2) is 9.97 Å². The molecule has 1 saturated heterocycles. The van der Waals surface area contributed by atoms with Crippen LogP contribution in [-0.2, 0) is 4.79 Å². The standard InChI is InChI=1S/C20H22ClN5O2S2/c1-12-4-3-7-26(9-12)20-25-18-17(30-20)19(23-11-22-18)29-10-16(27)24-13-5-6-15(28-2)14(21)8-13/h5-6,8,11-12H,3-4,7,9-10H2,1-2H3,(H,24,27). The summed E-state index contributed by atoms with van der Waals surface area (Å²) in [5, 5.41) is 5.06. The van der Waals surface area contributed by atoms with Crippen molar-refractivity contribution in [1.82, 2.24) is 15.0 Å². The van der Waals surface area contributed by atoms with E-state index in [2.05, 4.69) is 27.1 Å². The Kier molecular flexibility index (Phi) is 6.60. The minimum Gasteiger partial charge on any atom is -0.495 e. The normalized spacial score (nSPS) is 16.6. The molecule has 1 aliphatic heterocycles. The number of nitrogens with zero attached hydrogens (tertiary/aromatic N) is 4. The van der Waals surface area contributed by atoms with Gasteiger partial charge in [0.1, 0.15) is 21.8 Å². The molecule has 30 heavy (non-hydrogen) atoms. The molecule has 7 nitrogen and oxygen atoms in total. The smallest absolute Gasteiger partial charge is 0.234 e. The van der Waals surface area contributed by atoms with E-state index < -0.39 is 0 Å². The molecule has 1 atom stereocenters. The zero-order valence-electron chi connectivity index (χ0n) is 16.7. The molecule has 0 bridgehead atoms. The van der Waals surface area contributed by atoms with Crippen molar-refractivity contribution in [2.45, 2.75) is 24.8 Å². The first-order valence-electron chi connectivity index (χ1n) is 9.66. The maximum Gasteiger partial charge on any atom is 0.234 e. The Hall–Kier alpha value is -2.10. The van der Waals surface area contributed by atoms with Gasteiger partial charge in [-0.15, -0.1) is 0 Å². The summed E-state index contributed by atoms with van der Waals surface area (Å²) in [4.78, 5) is 28.1. The lowest BCUT2D eigenvalue weighted by Gasteiger charge is -2.30. The Bertz CT molecular complexity index is 1060. The van der Waals surface area contributed by atoms with Crippen LogP contribution in [0.15, 0.2) is 29.6 Å². The topological polar surface area (TPSA) is 80.2 Å². The first-order chi connectivity index (χ1) is 14.5. The average Bonchev–Trinajstić information content (AvgIpc) is 3.17. The van der Waals surface area contributed by atoms with Crippen LogP contribution >= 0.6 is 34.7 Å². The number of anilines is 2. The highest BCUT2D eigenvalue weighted by Crippen LogP contribution is 2.35. The number of rotatable bonds is 6. The predicted octanol–water partition coefficient (Wildman–Crippen LogP) is 4.72. The summed E-state index contributed by atoms with van der Waals surface area (Å²) >= 11 is 9.10. The van der Waals surface area contributed by atoms with Gasteiger partial charge in [0.2, 0.25) is 5.91 Å². The van der Waals surface area contributed by atoms with Crippen molar-refractivity contribution in [1.29, 1.82) is 0 Å². The molecular weight excluding hydrogens is 442 g/mol. The van der Waals surface area contributed by atoms with Gasteiger partial charge in [0.05, 0.1) is 17.9 Å². The van der Waals surface area contributed by atoms with Crippen LogP contribution in [0.4, 0.5) is 10.8 Å². The number of fused-ring (bicyclic) bond motifs is 1. The third-order valence-electron chi connectivity index (χ3n) is 4.85. The molecule has 1 N–H and O–H groups in total. The summed E-state index contributed by atoms with van der Waals surface area (Å²) in [5.74, 6) is 1.32. The van der Waals surface area contributed by atoms with Crippen molar-refractivity contribution >= 4 is 61.8 Å². The fourth-order valence-corrected chi connectivity index (χ4v) is 5.58. The number of thioether (sulfide) groups is 1. The van der Waals surface area contributed by atoms with Crippen molar-refractivity contribution in [3.63, 3.8) is 0 Å². The van der Waals surface area contributed by atoms with Crippen LogP contribution in [-0.4, -0.2) is 46.8 Å². The lowest BCUT2D eigenvalue weighted by molar-refractivity contribution is -0.113. The number of piperidine rings is 1. The van der Waals surface area contributed by atoms with Gasteiger partial charge in [0.15, 0.2) is 10.8 Å². The Morgan fingerprint density at radius 3 is 3.07 bits per heavy atom. The first-order valence-corrected chi connectivity index (χ1v) is 11.8.